The van der Waals surface area contributed by atoms with E-state index < -0.39 is 0 Å². The van der Waals surface area contributed by atoms with Crippen LogP contribution in [0.4, 0.5) is 16.2 Å². The van der Waals surface area contributed by atoms with Crippen molar-refractivity contribution in [1.29, 1.82) is 0 Å². The largest absolute Gasteiger partial charge is 0.444 e. The molecule has 0 aliphatic carbocycles. The standard InChI is InChI=1S/C29H24BNO2/c1-29(2)21-13-6-7-15-23(21)30-24-16-8-9-17-25(24)31(26-18-10-14-22(29)27(26)30)28(32)33-19-20-11-4-3-5-12-20/h3-18H,19H2,1-2H3. The number of nitrogens with zero attached hydrogens (tertiary/aromatic N) is 1. The summed E-state index contributed by atoms with van der Waals surface area (Å²) in [5.74, 6) is 0. The van der Waals surface area contributed by atoms with Gasteiger partial charge in [-0.15, -0.1) is 0 Å². The summed E-state index contributed by atoms with van der Waals surface area (Å²) >= 11 is 0. The fourth-order valence-electron chi connectivity index (χ4n) is 5.58. The van der Waals surface area contributed by atoms with Crippen molar-refractivity contribution < 1.29 is 9.53 Å². The molecule has 0 radical (unpaired) electrons. The fourth-order valence-corrected chi connectivity index (χ4v) is 5.58. The second kappa shape index (κ2) is 7.38. The number of hydrogen-bond acceptors (Lipinski definition) is 2. The van der Waals surface area contributed by atoms with Crippen molar-refractivity contribution in [3.8, 4) is 0 Å². The van der Waals surface area contributed by atoms with E-state index in [1.807, 2.05) is 42.5 Å². The summed E-state index contributed by atoms with van der Waals surface area (Å²) in [6, 6.07) is 33.1. The highest BCUT2D eigenvalue weighted by Gasteiger charge is 2.46. The van der Waals surface area contributed by atoms with Gasteiger partial charge in [-0.05, 0) is 39.7 Å². The van der Waals surface area contributed by atoms with Gasteiger partial charge in [0.25, 0.3) is 0 Å². The van der Waals surface area contributed by atoms with E-state index in [4.69, 9.17) is 4.74 Å². The van der Waals surface area contributed by atoms with E-state index in [1.54, 1.807) is 4.90 Å². The fraction of sp³-hybridized carbons (Fsp3) is 0.138. The first-order chi connectivity index (χ1) is 16.1. The Kier molecular flexibility index (Phi) is 4.44. The van der Waals surface area contributed by atoms with Gasteiger partial charge < -0.3 is 4.74 Å². The minimum Gasteiger partial charge on any atom is -0.444 e. The molecule has 160 valence electrons. The third-order valence-electron chi connectivity index (χ3n) is 7.11. The van der Waals surface area contributed by atoms with Crippen LogP contribution in [0.25, 0.3) is 0 Å². The molecule has 0 spiro atoms. The molecule has 2 aliphatic heterocycles. The average molecular weight is 429 g/mol. The Balaban J connectivity index is 1.52. The maximum absolute atomic E-state index is 13.5. The van der Waals surface area contributed by atoms with Crippen LogP contribution in [-0.4, -0.2) is 12.8 Å². The summed E-state index contributed by atoms with van der Waals surface area (Å²) in [5, 5.41) is 0. The second-order valence-electron chi connectivity index (χ2n) is 9.32. The third kappa shape index (κ3) is 2.94. The highest BCUT2D eigenvalue weighted by atomic mass is 16.6. The molecule has 3 nitrogen and oxygen atoms in total. The van der Waals surface area contributed by atoms with Crippen molar-refractivity contribution in [3.05, 3.63) is 114 Å². The van der Waals surface area contributed by atoms with Crippen molar-refractivity contribution in [2.45, 2.75) is 25.9 Å². The minimum absolute atomic E-state index is 0.0924. The second-order valence-corrected chi connectivity index (χ2v) is 9.32. The van der Waals surface area contributed by atoms with E-state index in [-0.39, 0.29) is 24.8 Å². The van der Waals surface area contributed by atoms with Crippen molar-refractivity contribution in [3.63, 3.8) is 0 Å². The summed E-state index contributed by atoms with van der Waals surface area (Å²) in [6.45, 7) is 4.88. The number of anilines is 2. The Bertz CT molecular complexity index is 1380. The molecule has 0 saturated heterocycles. The van der Waals surface area contributed by atoms with Gasteiger partial charge in [-0.2, -0.15) is 0 Å². The summed E-state index contributed by atoms with van der Waals surface area (Å²) in [5.41, 5.74) is 8.87. The molecule has 0 atom stereocenters. The zero-order valence-corrected chi connectivity index (χ0v) is 18.8. The topological polar surface area (TPSA) is 29.5 Å². The SMILES string of the molecule is CC1(C)c2ccccc2B2c3ccccc3N(C(=O)OCc3ccccc3)c3cccc1c32. The number of carbonyl (C=O) groups is 1. The molecule has 0 bridgehead atoms. The summed E-state index contributed by atoms with van der Waals surface area (Å²) < 4.78 is 5.82. The van der Waals surface area contributed by atoms with Crippen molar-refractivity contribution in [2.24, 2.45) is 0 Å². The molecule has 1 amide bonds. The van der Waals surface area contributed by atoms with Crippen LogP contribution < -0.4 is 21.3 Å². The van der Waals surface area contributed by atoms with Gasteiger partial charge >= 0.3 is 6.09 Å². The van der Waals surface area contributed by atoms with E-state index in [1.165, 1.54) is 22.1 Å². The Hall–Kier alpha value is -3.79. The summed E-state index contributed by atoms with van der Waals surface area (Å²) in [4.78, 5) is 15.3. The van der Waals surface area contributed by atoms with Crippen LogP contribution in [-0.2, 0) is 16.8 Å². The van der Waals surface area contributed by atoms with E-state index in [0.717, 1.165) is 22.4 Å². The van der Waals surface area contributed by atoms with Crippen molar-refractivity contribution in [2.75, 3.05) is 4.90 Å². The highest BCUT2D eigenvalue weighted by molar-refractivity contribution is 6.99. The van der Waals surface area contributed by atoms with Crippen molar-refractivity contribution in [1.82, 2.24) is 0 Å². The van der Waals surface area contributed by atoms with E-state index in [2.05, 4.69) is 68.4 Å². The molecule has 0 fully saturated rings. The van der Waals surface area contributed by atoms with Crippen LogP contribution in [0.5, 0.6) is 0 Å². The highest BCUT2D eigenvalue weighted by Crippen LogP contribution is 2.39. The maximum Gasteiger partial charge on any atom is 0.419 e. The van der Waals surface area contributed by atoms with E-state index in [0.29, 0.717) is 0 Å². The first-order valence-electron chi connectivity index (χ1n) is 11.4. The molecule has 0 saturated carbocycles. The molecule has 6 rings (SSSR count). The Morgan fingerprint density at radius 1 is 0.758 bits per heavy atom. The number of ether oxygens (including phenoxy) is 1. The van der Waals surface area contributed by atoms with Crippen LogP contribution >= 0.6 is 0 Å². The van der Waals surface area contributed by atoms with Gasteiger partial charge in [-0.1, -0.05) is 104 Å². The lowest BCUT2D eigenvalue weighted by molar-refractivity contribution is 0.150. The predicted molar refractivity (Wildman–Crippen MR) is 135 cm³/mol. The number of fused-ring (bicyclic) bond motifs is 4. The molecule has 2 heterocycles. The lowest BCUT2D eigenvalue weighted by atomic mass is 9.30. The van der Waals surface area contributed by atoms with Crippen molar-refractivity contribution >= 4 is 40.6 Å². The molecular weight excluding hydrogens is 405 g/mol. The molecule has 4 aromatic rings. The van der Waals surface area contributed by atoms with Crippen LogP contribution in [0.3, 0.4) is 0 Å². The van der Waals surface area contributed by atoms with E-state index >= 15 is 0 Å². The maximum atomic E-state index is 13.5. The monoisotopic (exact) mass is 429 g/mol. The van der Waals surface area contributed by atoms with Gasteiger partial charge in [0, 0.05) is 16.8 Å². The first kappa shape index (κ1) is 19.9. The van der Waals surface area contributed by atoms with Crippen LogP contribution in [0, 0.1) is 0 Å². The first-order valence-corrected chi connectivity index (χ1v) is 11.4. The van der Waals surface area contributed by atoms with Crippen LogP contribution in [0.1, 0.15) is 30.5 Å². The Morgan fingerprint density at radius 2 is 1.39 bits per heavy atom. The number of rotatable bonds is 2. The number of para-hydroxylation sites is 1. The number of amides is 1. The molecular formula is C29H24BNO2. The molecule has 2 aliphatic rings. The zero-order valence-electron chi connectivity index (χ0n) is 18.8. The van der Waals surface area contributed by atoms with Crippen LogP contribution in [0.2, 0.25) is 0 Å². The lowest BCUT2D eigenvalue weighted by Gasteiger charge is -2.44. The summed E-state index contributed by atoms with van der Waals surface area (Å²) in [7, 11) is 0. The third-order valence-corrected chi connectivity index (χ3v) is 7.11. The molecule has 0 unspecified atom stereocenters. The van der Waals surface area contributed by atoms with Gasteiger partial charge in [-0.25, -0.2) is 9.69 Å². The Morgan fingerprint density at radius 3 is 2.21 bits per heavy atom. The Labute approximate surface area is 194 Å². The number of carbonyl (C=O) groups excluding carboxylic acids is 1. The predicted octanol–water partition coefficient (Wildman–Crippen LogP) is 4.63. The van der Waals surface area contributed by atoms with Gasteiger partial charge in [0.1, 0.15) is 6.61 Å². The summed E-state index contributed by atoms with van der Waals surface area (Å²) in [6.07, 6.45) is -0.352. The van der Waals surface area contributed by atoms with Gasteiger partial charge in [0.05, 0.1) is 0 Å². The number of benzene rings is 4. The van der Waals surface area contributed by atoms with Gasteiger partial charge in [0.2, 0.25) is 6.71 Å². The lowest BCUT2D eigenvalue weighted by Crippen LogP contribution is -2.64. The molecule has 0 N–H and O–H groups in total. The zero-order chi connectivity index (χ0) is 22.6. The minimum atomic E-state index is -0.352. The van der Waals surface area contributed by atoms with Gasteiger partial charge in [-0.3, -0.25) is 0 Å². The van der Waals surface area contributed by atoms with E-state index in [9.17, 15) is 4.79 Å². The molecule has 0 aromatic heterocycles. The average Bonchev–Trinajstić information content (AvgIpc) is 2.85. The van der Waals surface area contributed by atoms with Gasteiger partial charge in [0.15, 0.2) is 0 Å². The smallest absolute Gasteiger partial charge is 0.419 e. The molecule has 4 aromatic carbocycles. The molecule has 33 heavy (non-hydrogen) atoms. The quantitative estimate of drug-likeness (QED) is 0.435. The number of hydrogen-bond donors (Lipinski definition) is 0. The van der Waals surface area contributed by atoms with Crippen LogP contribution in [0.15, 0.2) is 97.1 Å². The molecule has 4 heteroatoms. The normalized spacial score (nSPS) is 14.7.